The highest BCUT2D eigenvalue weighted by molar-refractivity contribution is 6.28. The first kappa shape index (κ1) is 17.9. The van der Waals surface area contributed by atoms with Crippen molar-refractivity contribution in [3.05, 3.63) is 23.2 Å². The lowest BCUT2D eigenvalue weighted by atomic mass is 9.98. The first-order chi connectivity index (χ1) is 10.8. The number of aromatic nitrogens is 2. The first-order valence-electron chi connectivity index (χ1n) is 7.86. The van der Waals surface area contributed by atoms with E-state index in [4.69, 9.17) is 21.1 Å². The number of hydrogen-bond donors (Lipinski definition) is 0. The van der Waals surface area contributed by atoms with Gasteiger partial charge in [0.25, 0.3) is 0 Å². The van der Waals surface area contributed by atoms with Gasteiger partial charge in [-0.15, -0.1) is 0 Å². The second-order valence-electron chi connectivity index (χ2n) is 6.74. The molecule has 0 bridgehead atoms. The Balaban J connectivity index is 1.68. The number of piperidine rings is 1. The van der Waals surface area contributed by atoms with Crippen molar-refractivity contribution in [1.82, 2.24) is 14.9 Å². The van der Waals surface area contributed by atoms with Crippen LogP contribution in [0.15, 0.2) is 12.3 Å². The van der Waals surface area contributed by atoms with Gasteiger partial charge in [-0.05, 0) is 57.2 Å². The van der Waals surface area contributed by atoms with Gasteiger partial charge in [-0.25, -0.2) is 14.8 Å². The Morgan fingerprint density at radius 3 is 2.70 bits per heavy atom. The van der Waals surface area contributed by atoms with Crippen LogP contribution in [0.4, 0.5) is 4.79 Å². The normalized spacial score (nSPS) is 16.4. The number of hydrogen-bond acceptors (Lipinski definition) is 5. The number of carbonyl (C=O) groups is 1. The minimum Gasteiger partial charge on any atom is -0.444 e. The molecule has 7 heteroatoms. The maximum atomic E-state index is 12.0. The molecule has 0 radical (unpaired) electrons. The molecule has 2 rings (SSSR count). The van der Waals surface area contributed by atoms with Gasteiger partial charge in [-0.3, -0.25) is 0 Å². The van der Waals surface area contributed by atoms with Crippen LogP contribution in [0.5, 0.6) is 0 Å². The quantitative estimate of drug-likeness (QED) is 0.786. The average Bonchev–Trinajstić information content (AvgIpc) is 2.46. The Labute approximate surface area is 142 Å². The molecule has 2 heterocycles. The average molecular weight is 342 g/mol. The standard InChI is InChI=1S/C16H24ClN3O3/c1-16(2,3)23-15(21)20-8-5-12(6-9-20)10-22-11-13-4-7-18-14(17)19-13/h4,7,12H,5-6,8-11H2,1-3H3. The Morgan fingerprint density at radius 1 is 1.39 bits per heavy atom. The fourth-order valence-corrected chi connectivity index (χ4v) is 2.55. The number of rotatable bonds is 4. The van der Waals surface area contributed by atoms with Gasteiger partial charge in [0.1, 0.15) is 5.60 Å². The fourth-order valence-electron chi connectivity index (χ4n) is 2.39. The van der Waals surface area contributed by atoms with Crippen LogP contribution in [-0.2, 0) is 16.1 Å². The molecule has 23 heavy (non-hydrogen) atoms. The summed E-state index contributed by atoms with van der Waals surface area (Å²) in [6.07, 6.45) is 3.23. The van der Waals surface area contributed by atoms with E-state index >= 15 is 0 Å². The van der Waals surface area contributed by atoms with Gasteiger partial charge >= 0.3 is 6.09 Å². The minimum atomic E-state index is -0.449. The van der Waals surface area contributed by atoms with E-state index in [1.54, 1.807) is 17.2 Å². The number of ether oxygens (including phenoxy) is 2. The Bertz CT molecular complexity index is 526. The van der Waals surface area contributed by atoms with Gasteiger partial charge in [0, 0.05) is 19.3 Å². The van der Waals surface area contributed by atoms with Crippen LogP contribution in [0.2, 0.25) is 5.28 Å². The minimum absolute atomic E-state index is 0.229. The molecule has 1 aromatic heterocycles. The van der Waals surface area contributed by atoms with Gasteiger partial charge in [-0.1, -0.05) is 0 Å². The highest BCUT2D eigenvalue weighted by Crippen LogP contribution is 2.20. The predicted octanol–water partition coefficient (Wildman–Crippen LogP) is 3.29. The lowest BCUT2D eigenvalue weighted by Crippen LogP contribution is -2.42. The third-order valence-electron chi connectivity index (χ3n) is 3.55. The SMILES string of the molecule is CC(C)(C)OC(=O)N1CCC(COCc2ccnc(Cl)n2)CC1. The maximum absolute atomic E-state index is 12.0. The first-order valence-corrected chi connectivity index (χ1v) is 8.24. The van der Waals surface area contributed by atoms with Crippen LogP contribution in [0.1, 0.15) is 39.3 Å². The summed E-state index contributed by atoms with van der Waals surface area (Å²) in [5.74, 6) is 0.450. The van der Waals surface area contributed by atoms with Gasteiger partial charge in [0.2, 0.25) is 5.28 Å². The largest absolute Gasteiger partial charge is 0.444 e. The molecule has 1 saturated heterocycles. The second kappa shape index (κ2) is 7.93. The number of halogens is 1. The molecule has 0 unspecified atom stereocenters. The van der Waals surface area contributed by atoms with Crippen molar-refractivity contribution in [3.8, 4) is 0 Å². The van der Waals surface area contributed by atoms with E-state index in [1.165, 1.54) is 0 Å². The summed E-state index contributed by atoms with van der Waals surface area (Å²) < 4.78 is 11.1. The highest BCUT2D eigenvalue weighted by atomic mass is 35.5. The van der Waals surface area contributed by atoms with Crippen LogP contribution >= 0.6 is 11.6 Å². The Morgan fingerprint density at radius 2 is 2.09 bits per heavy atom. The molecule has 1 aromatic rings. The summed E-state index contributed by atoms with van der Waals surface area (Å²) in [6, 6.07) is 1.79. The lowest BCUT2D eigenvalue weighted by molar-refractivity contribution is 0.0103. The summed E-state index contributed by atoms with van der Waals surface area (Å²) in [5, 5.41) is 0.233. The molecule has 6 nitrogen and oxygen atoms in total. The van der Waals surface area contributed by atoms with Crippen molar-refractivity contribution in [2.45, 2.75) is 45.8 Å². The maximum Gasteiger partial charge on any atom is 0.410 e. The summed E-state index contributed by atoms with van der Waals surface area (Å²) in [7, 11) is 0. The number of likely N-dealkylation sites (tertiary alicyclic amines) is 1. The molecule has 1 amide bonds. The summed E-state index contributed by atoms with van der Waals surface area (Å²) in [5.41, 5.74) is 0.326. The van der Waals surface area contributed by atoms with Crippen molar-refractivity contribution in [2.24, 2.45) is 5.92 Å². The van der Waals surface area contributed by atoms with Crippen molar-refractivity contribution in [1.29, 1.82) is 0 Å². The third-order valence-corrected chi connectivity index (χ3v) is 3.74. The molecule has 1 aliphatic rings. The lowest BCUT2D eigenvalue weighted by Gasteiger charge is -2.33. The molecule has 0 saturated carbocycles. The Hall–Kier alpha value is -1.40. The van der Waals surface area contributed by atoms with Crippen LogP contribution in [0, 0.1) is 5.92 Å². The van der Waals surface area contributed by atoms with Crippen LogP contribution in [0.25, 0.3) is 0 Å². The molecule has 0 aliphatic carbocycles. The molecular formula is C16H24ClN3O3. The zero-order valence-corrected chi connectivity index (χ0v) is 14.7. The monoisotopic (exact) mass is 341 g/mol. The number of carbonyl (C=O) groups excluding carboxylic acids is 1. The summed E-state index contributed by atoms with van der Waals surface area (Å²) in [6.45, 7) is 8.14. The highest BCUT2D eigenvalue weighted by Gasteiger charge is 2.26. The van der Waals surface area contributed by atoms with E-state index in [0.717, 1.165) is 18.5 Å². The number of nitrogens with zero attached hydrogens (tertiary/aromatic N) is 3. The molecule has 1 aliphatic heterocycles. The molecule has 1 fully saturated rings. The molecule has 128 valence electrons. The zero-order valence-electron chi connectivity index (χ0n) is 13.9. The number of amides is 1. The second-order valence-corrected chi connectivity index (χ2v) is 7.08. The van der Waals surface area contributed by atoms with Crippen LogP contribution in [-0.4, -0.2) is 46.3 Å². The zero-order chi connectivity index (χ0) is 16.9. The Kier molecular flexibility index (Phi) is 6.18. The molecular weight excluding hydrogens is 318 g/mol. The van der Waals surface area contributed by atoms with E-state index in [2.05, 4.69) is 9.97 Å². The summed E-state index contributed by atoms with van der Waals surface area (Å²) in [4.78, 5) is 21.7. The third kappa shape index (κ3) is 6.31. The van der Waals surface area contributed by atoms with Crippen molar-refractivity contribution in [3.63, 3.8) is 0 Å². The van der Waals surface area contributed by atoms with E-state index in [9.17, 15) is 4.79 Å². The predicted molar refractivity (Wildman–Crippen MR) is 87.2 cm³/mol. The smallest absolute Gasteiger partial charge is 0.410 e. The van der Waals surface area contributed by atoms with E-state index in [1.807, 2.05) is 20.8 Å². The topological polar surface area (TPSA) is 64.5 Å². The van der Waals surface area contributed by atoms with Gasteiger partial charge in [-0.2, -0.15) is 0 Å². The van der Waals surface area contributed by atoms with E-state index in [0.29, 0.717) is 32.2 Å². The van der Waals surface area contributed by atoms with Crippen LogP contribution < -0.4 is 0 Å². The molecule has 0 atom stereocenters. The van der Waals surface area contributed by atoms with Crippen molar-refractivity contribution < 1.29 is 14.3 Å². The molecule has 0 aromatic carbocycles. The van der Waals surface area contributed by atoms with Gasteiger partial charge in [0.05, 0.1) is 18.9 Å². The fraction of sp³-hybridized carbons (Fsp3) is 0.688. The van der Waals surface area contributed by atoms with Gasteiger partial charge < -0.3 is 14.4 Å². The van der Waals surface area contributed by atoms with Crippen molar-refractivity contribution in [2.75, 3.05) is 19.7 Å². The van der Waals surface area contributed by atoms with E-state index < -0.39 is 5.60 Å². The molecule has 0 spiro atoms. The van der Waals surface area contributed by atoms with Crippen LogP contribution in [0.3, 0.4) is 0 Å². The van der Waals surface area contributed by atoms with Crippen molar-refractivity contribution >= 4 is 17.7 Å². The summed E-state index contributed by atoms with van der Waals surface area (Å²) >= 11 is 5.74. The molecule has 0 N–H and O–H groups in total. The van der Waals surface area contributed by atoms with Gasteiger partial charge in [0.15, 0.2) is 0 Å². The van der Waals surface area contributed by atoms with E-state index in [-0.39, 0.29) is 11.4 Å².